The number of aryl methyl sites for hydroxylation is 1. The summed E-state index contributed by atoms with van der Waals surface area (Å²) in [6.45, 7) is 2.32. The minimum absolute atomic E-state index is 0.181. The number of benzene rings is 1. The molecule has 2 amide bonds. The Morgan fingerprint density at radius 1 is 1.33 bits per heavy atom. The maximum Gasteiger partial charge on any atom is 0.260 e. The van der Waals surface area contributed by atoms with Crippen LogP contribution in [0.15, 0.2) is 34.0 Å². The average molecular weight is 364 g/mol. The zero-order valence-corrected chi connectivity index (χ0v) is 14.8. The van der Waals surface area contributed by atoms with Crippen LogP contribution in [0.4, 0.5) is 4.39 Å². The van der Waals surface area contributed by atoms with Crippen molar-refractivity contribution in [1.82, 2.24) is 9.88 Å². The zero-order chi connectivity index (χ0) is 17.1. The van der Waals surface area contributed by atoms with E-state index in [9.17, 15) is 14.0 Å². The van der Waals surface area contributed by atoms with Crippen molar-refractivity contribution < 1.29 is 14.0 Å². The van der Waals surface area contributed by atoms with Gasteiger partial charge in [-0.25, -0.2) is 9.37 Å². The molecule has 24 heavy (non-hydrogen) atoms. The van der Waals surface area contributed by atoms with Crippen molar-refractivity contribution in [2.75, 3.05) is 6.54 Å². The van der Waals surface area contributed by atoms with E-state index in [2.05, 4.69) is 4.98 Å². The van der Waals surface area contributed by atoms with E-state index in [0.717, 1.165) is 29.3 Å². The highest BCUT2D eigenvalue weighted by molar-refractivity contribution is 8.02. The van der Waals surface area contributed by atoms with E-state index < -0.39 is 5.82 Å². The number of likely N-dealkylation sites (tertiary alicyclic amines) is 1. The van der Waals surface area contributed by atoms with E-state index in [1.165, 1.54) is 52.3 Å². The summed E-state index contributed by atoms with van der Waals surface area (Å²) in [4.78, 5) is 31.2. The van der Waals surface area contributed by atoms with E-state index >= 15 is 0 Å². The van der Waals surface area contributed by atoms with Crippen LogP contribution >= 0.6 is 23.1 Å². The molecule has 1 aliphatic rings. The third kappa shape index (κ3) is 3.84. The normalized spacial score (nSPS) is 18.5. The Morgan fingerprint density at radius 3 is 2.75 bits per heavy atom. The quantitative estimate of drug-likeness (QED) is 0.775. The fourth-order valence-corrected chi connectivity index (χ4v) is 4.76. The van der Waals surface area contributed by atoms with Gasteiger partial charge in [0.2, 0.25) is 5.91 Å². The zero-order valence-electron chi connectivity index (χ0n) is 13.2. The third-order valence-electron chi connectivity index (χ3n) is 3.82. The first-order valence-corrected chi connectivity index (χ1v) is 9.50. The summed E-state index contributed by atoms with van der Waals surface area (Å²) in [6, 6.07) is 5.31. The van der Waals surface area contributed by atoms with Gasteiger partial charge in [0, 0.05) is 23.2 Å². The van der Waals surface area contributed by atoms with Crippen LogP contribution in [0, 0.1) is 12.7 Å². The number of thioether (sulfide) groups is 1. The Hall–Kier alpha value is -1.73. The summed E-state index contributed by atoms with van der Waals surface area (Å²) in [5.74, 6) is -0.941. The lowest BCUT2D eigenvalue weighted by Gasteiger charge is -2.22. The highest BCUT2D eigenvalue weighted by Crippen LogP contribution is 2.32. The molecule has 1 aliphatic heterocycles. The molecular weight excluding hydrogens is 347 g/mol. The standard InChI is InChI=1S/C17H17FN2O2S2/c1-11-10-23-17(19-11)24-14-4-2-3-9-20(16(14)22)15(21)12-5-7-13(18)8-6-12/h5-8,10,14H,2-4,9H2,1H3/t14-/m1/s1. The van der Waals surface area contributed by atoms with Crippen LogP contribution < -0.4 is 0 Å². The molecule has 0 spiro atoms. The number of imide groups is 1. The molecular formula is C17H17FN2O2S2. The lowest BCUT2D eigenvalue weighted by molar-refractivity contribution is -0.127. The number of hydrogen-bond donors (Lipinski definition) is 0. The minimum atomic E-state index is -0.402. The SMILES string of the molecule is Cc1csc(S[C@@H]2CCCCN(C(=O)c3ccc(F)cc3)C2=O)n1. The molecule has 0 N–H and O–H groups in total. The van der Waals surface area contributed by atoms with Crippen molar-refractivity contribution in [2.24, 2.45) is 0 Å². The van der Waals surface area contributed by atoms with Gasteiger partial charge in [-0.15, -0.1) is 11.3 Å². The number of halogens is 1. The Labute approximate surface area is 148 Å². The van der Waals surface area contributed by atoms with Gasteiger partial charge in [0.05, 0.1) is 5.25 Å². The topological polar surface area (TPSA) is 50.3 Å². The molecule has 126 valence electrons. The van der Waals surface area contributed by atoms with Crippen molar-refractivity contribution >= 4 is 34.9 Å². The smallest absolute Gasteiger partial charge is 0.260 e. The molecule has 0 saturated carbocycles. The molecule has 1 fully saturated rings. The molecule has 7 heteroatoms. The number of amides is 2. The van der Waals surface area contributed by atoms with Crippen molar-refractivity contribution in [3.63, 3.8) is 0 Å². The molecule has 0 unspecified atom stereocenters. The van der Waals surface area contributed by atoms with Crippen molar-refractivity contribution in [3.05, 3.63) is 46.7 Å². The first-order chi connectivity index (χ1) is 11.5. The molecule has 1 atom stereocenters. The van der Waals surface area contributed by atoms with E-state index in [1.807, 2.05) is 12.3 Å². The number of rotatable bonds is 3. The van der Waals surface area contributed by atoms with Crippen LogP contribution in [0.25, 0.3) is 0 Å². The average Bonchev–Trinajstić information content (AvgIpc) is 2.89. The van der Waals surface area contributed by atoms with Gasteiger partial charge in [0.25, 0.3) is 5.91 Å². The predicted octanol–water partition coefficient (Wildman–Crippen LogP) is 3.90. The third-order valence-corrected chi connectivity index (χ3v) is 6.16. The monoisotopic (exact) mass is 364 g/mol. The summed E-state index contributed by atoms with van der Waals surface area (Å²) < 4.78 is 13.9. The molecule has 1 aromatic heterocycles. The van der Waals surface area contributed by atoms with Crippen molar-refractivity contribution in [2.45, 2.75) is 35.8 Å². The summed E-state index contributed by atoms with van der Waals surface area (Å²) >= 11 is 2.94. The van der Waals surface area contributed by atoms with E-state index in [0.29, 0.717) is 12.1 Å². The summed E-state index contributed by atoms with van der Waals surface area (Å²) in [5, 5.41) is 1.65. The van der Waals surface area contributed by atoms with Crippen LogP contribution in [0.2, 0.25) is 0 Å². The van der Waals surface area contributed by atoms with Gasteiger partial charge >= 0.3 is 0 Å². The molecule has 2 heterocycles. The van der Waals surface area contributed by atoms with Crippen LogP contribution in [0.3, 0.4) is 0 Å². The molecule has 2 aromatic rings. The highest BCUT2D eigenvalue weighted by atomic mass is 32.2. The van der Waals surface area contributed by atoms with E-state index in [1.54, 1.807) is 0 Å². The molecule has 0 radical (unpaired) electrons. The van der Waals surface area contributed by atoms with Gasteiger partial charge in [-0.2, -0.15) is 0 Å². The van der Waals surface area contributed by atoms with Gasteiger partial charge < -0.3 is 0 Å². The van der Waals surface area contributed by atoms with E-state index in [4.69, 9.17) is 0 Å². The number of carbonyl (C=O) groups is 2. The summed E-state index contributed by atoms with van der Waals surface area (Å²) in [5.41, 5.74) is 1.27. The minimum Gasteiger partial charge on any atom is -0.278 e. The Bertz CT molecular complexity index is 745. The Balaban J connectivity index is 1.78. The van der Waals surface area contributed by atoms with Crippen LogP contribution in [-0.2, 0) is 4.79 Å². The number of nitrogens with zero attached hydrogens (tertiary/aromatic N) is 2. The van der Waals surface area contributed by atoms with Crippen molar-refractivity contribution in [1.29, 1.82) is 0 Å². The summed E-state index contributed by atoms with van der Waals surface area (Å²) in [7, 11) is 0. The predicted molar refractivity (Wildman–Crippen MR) is 92.8 cm³/mol. The molecule has 0 aliphatic carbocycles. The molecule has 1 saturated heterocycles. The molecule has 1 aromatic carbocycles. The highest BCUT2D eigenvalue weighted by Gasteiger charge is 2.32. The van der Waals surface area contributed by atoms with Gasteiger partial charge in [0.1, 0.15) is 5.82 Å². The number of carbonyl (C=O) groups excluding carboxylic acids is 2. The molecule has 3 rings (SSSR count). The Kier molecular flexibility index (Phi) is 5.30. The largest absolute Gasteiger partial charge is 0.278 e. The summed E-state index contributed by atoms with van der Waals surface area (Å²) in [6.07, 6.45) is 2.41. The molecule has 0 bridgehead atoms. The van der Waals surface area contributed by atoms with Gasteiger partial charge in [-0.05, 0) is 44.0 Å². The fraction of sp³-hybridized carbons (Fsp3) is 0.353. The first kappa shape index (κ1) is 17.1. The van der Waals surface area contributed by atoms with Crippen LogP contribution in [0.1, 0.15) is 35.3 Å². The van der Waals surface area contributed by atoms with Gasteiger partial charge in [-0.3, -0.25) is 14.5 Å². The number of hydrogen-bond acceptors (Lipinski definition) is 5. The van der Waals surface area contributed by atoms with Crippen LogP contribution in [-0.4, -0.2) is 33.5 Å². The first-order valence-electron chi connectivity index (χ1n) is 7.74. The lowest BCUT2D eigenvalue weighted by atomic mass is 10.2. The maximum atomic E-state index is 13.0. The maximum absolute atomic E-state index is 13.0. The lowest BCUT2D eigenvalue weighted by Crippen LogP contribution is -2.41. The fourth-order valence-electron chi connectivity index (χ4n) is 2.57. The van der Waals surface area contributed by atoms with E-state index in [-0.39, 0.29) is 17.1 Å². The second-order valence-corrected chi connectivity index (χ2v) is 7.97. The second-order valence-electron chi connectivity index (χ2n) is 5.66. The Morgan fingerprint density at radius 2 is 2.08 bits per heavy atom. The van der Waals surface area contributed by atoms with Crippen LogP contribution in [0.5, 0.6) is 0 Å². The second kappa shape index (κ2) is 7.44. The van der Waals surface area contributed by atoms with Crippen molar-refractivity contribution in [3.8, 4) is 0 Å². The number of thiazole rings is 1. The molecule has 4 nitrogen and oxygen atoms in total. The van der Waals surface area contributed by atoms with Gasteiger partial charge in [0.15, 0.2) is 4.34 Å². The number of aromatic nitrogens is 1. The van der Waals surface area contributed by atoms with Gasteiger partial charge in [-0.1, -0.05) is 18.2 Å².